The van der Waals surface area contributed by atoms with E-state index in [9.17, 15) is 0 Å². The minimum Gasteiger partial charge on any atom is -0.476 e. The van der Waals surface area contributed by atoms with Gasteiger partial charge >= 0.3 is 0 Å². The van der Waals surface area contributed by atoms with Crippen LogP contribution in [0.1, 0.15) is 172 Å². The van der Waals surface area contributed by atoms with Crippen molar-refractivity contribution in [2.24, 2.45) is 0 Å². The number of rotatable bonds is 3. The fourth-order valence-corrected chi connectivity index (χ4v) is 11.5. The Balaban J connectivity index is 0.000000219. The number of aryl methyl sites for hydroxylation is 6. The van der Waals surface area contributed by atoms with E-state index in [0.717, 1.165) is 30.7 Å². The second kappa shape index (κ2) is 25.2. The van der Waals surface area contributed by atoms with Crippen molar-refractivity contribution >= 4 is 17.1 Å². The highest BCUT2D eigenvalue weighted by atomic mass is 16.5. The van der Waals surface area contributed by atoms with Crippen molar-refractivity contribution in [3.05, 3.63) is 157 Å². The van der Waals surface area contributed by atoms with E-state index in [1.165, 1.54) is 102 Å². The van der Waals surface area contributed by atoms with E-state index in [1.807, 2.05) is 34.9 Å². The van der Waals surface area contributed by atoms with Crippen LogP contribution in [-0.4, -0.2) is 108 Å². The topological polar surface area (TPSA) is 56.9 Å². The van der Waals surface area contributed by atoms with Crippen molar-refractivity contribution in [3.63, 3.8) is 0 Å². The minimum absolute atomic E-state index is 0.145. The molecule has 6 aliphatic heterocycles. The van der Waals surface area contributed by atoms with Gasteiger partial charge in [-0.3, -0.25) is 0 Å². The van der Waals surface area contributed by atoms with Gasteiger partial charge in [0.25, 0.3) is 0 Å². The molecule has 6 aliphatic rings. The van der Waals surface area contributed by atoms with Gasteiger partial charge in [0.05, 0.1) is 29.4 Å². The summed E-state index contributed by atoms with van der Waals surface area (Å²) < 4.78 is 16.7. The molecule has 3 aromatic carbocycles. The molecule has 0 amide bonds. The summed E-state index contributed by atoms with van der Waals surface area (Å²) in [6.07, 6.45) is 0. The number of allylic oxidation sites excluding steroid dienone is 12. The van der Waals surface area contributed by atoms with Gasteiger partial charge in [-0.25, -0.2) is 0 Å². The van der Waals surface area contributed by atoms with E-state index >= 15 is 0 Å². The van der Waals surface area contributed by atoms with Crippen LogP contribution in [0, 0.1) is 41.5 Å². The summed E-state index contributed by atoms with van der Waals surface area (Å²) in [6, 6.07) is 19.5. The Morgan fingerprint density at radius 3 is 0.825 bits per heavy atom. The van der Waals surface area contributed by atoms with Gasteiger partial charge in [0.1, 0.15) is 28.6 Å². The van der Waals surface area contributed by atoms with Gasteiger partial charge in [0.2, 0.25) is 0 Å². The molecule has 0 bridgehead atoms. The summed E-state index contributed by atoms with van der Waals surface area (Å²) in [5.41, 5.74) is 23.2. The first-order chi connectivity index (χ1) is 36.7. The number of ether oxygens (including phenoxy) is 3. The molecule has 444 valence electrons. The monoisotopic (exact) mass is 1100 g/mol. The van der Waals surface area contributed by atoms with Crippen molar-refractivity contribution in [1.29, 1.82) is 0 Å². The molecule has 0 atom stereocenters. The zero-order chi connectivity index (χ0) is 61.2. The van der Waals surface area contributed by atoms with E-state index in [2.05, 4.69) is 286 Å². The molecule has 3 aromatic rings. The van der Waals surface area contributed by atoms with Gasteiger partial charge in [0.15, 0.2) is 18.2 Å². The molecule has 0 radical (unpaired) electrons. The summed E-state index contributed by atoms with van der Waals surface area (Å²) in [4.78, 5) is 20.7. The van der Waals surface area contributed by atoms with Crippen LogP contribution in [-0.2, 0) is 14.2 Å². The van der Waals surface area contributed by atoms with Crippen molar-refractivity contribution < 1.29 is 14.2 Å². The Hall–Kier alpha value is -6.30. The molecule has 12 heteroatoms. The predicted octanol–water partition coefficient (Wildman–Crippen LogP) is 16.4. The van der Waals surface area contributed by atoms with Crippen LogP contribution in [0.3, 0.4) is 0 Å². The fourth-order valence-electron chi connectivity index (χ4n) is 11.5. The second-order valence-electron chi connectivity index (χ2n) is 24.9. The lowest BCUT2D eigenvalue weighted by Crippen LogP contribution is -2.51. The Labute approximate surface area is 488 Å². The minimum atomic E-state index is -0.301. The molecule has 6 heterocycles. The van der Waals surface area contributed by atoms with Crippen LogP contribution in [0.2, 0.25) is 0 Å². The quantitative estimate of drug-likeness (QED) is 0.251. The van der Waals surface area contributed by atoms with Gasteiger partial charge in [-0.15, -0.1) is 0 Å². The maximum atomic E-state index is 5.94. The number of hydrogen-bond acceptors (Lipinski definition) is 12. The maximum Gasteiger partial charge on any atom is 0.181 e. The van der Waals surface area contributed by atoms with Crippen LogP contribution in [0.4, 0.5) is 17.1 Å². The van der Waals surface area contributed by atoms with Gasteiger partial charge in [-0.05, 0) is 213 Å². The Morgan fingerprint density at radius 2 is 0.637 bits per heavy atom. The average molecular weight is 1100 g/mol. The number of benzene rings is 3. The zero-order valence-corrected chi connectivity index (χ0v) is 56.4. The van der Waals surface area contributed by atoms with Crippen molar-refractivity contribution in [3.8, 4) is 0 Å². The third-order valence-corrected chi connectivity index (χ3v) is 18.1. The van der Waals surface area contributed by atoms with E-state index < -0.39 is 0 Å². The first-order valence-electron chi connectivity index (χ1n) is 28.7. The summed E-state index contributed by atoms with van der Waals surface area (Å²) in [5, 5.41) is 0. The van der Waals surface area contributed by atoms with Crippen LogP contribution >= 0.6 is 0 Å². The standard InChI is InChI=1S/C23H30N2.C15H21NO.C9H18N2.C8H15NO.C7H14N2.C6H11NO/c1-15-11-9-12-16(2)21(15)24-19(5)20(6)25(23(24,7)8)22-17(3)13-10-14-18(22)4;1-10-8-7-9-11(2)14(10)16-12(3)13(4)17-15(16,5)6;1-7-8(2)11(6)9(3,4)10(7)5;1-6-7(2)10-8(3,4)9(6)5;1-6-7(2)9(4)5-8(6)3;1-5-6(2)8-4-7(5)3/h9-14H,1-8H3;7-9H,1-6H3;1-6H3;1-5H3;5H2,1-4H3;4H2,1-3H3. The first kappa shape index (κ1) is 66.2. The van der Waals surface area contributed by atoms with Crippen molar-refractivity contribution in [2.75, 3.05) is 70.4 Å². The Morgan fingerprint density at radius 1 is 0.312 bits per heavy atom. The first-order valence-corrected chi connectivity index (χ1v) is 28.7. The van der Waals surface area contributed by atoms with Gasteiger partial charge in [-0.1, -0.05) is 54.6 Å². The lowest BCUT2D eigenvalue weighted by Gasteiger charge is -2.44. The third-order valence-electron chi connectivity index (χ3n) is 18.1. The molecule has 0 fully saturated rings. The molecular formula is C68H109N9O3. The predicted molar refractivity (Wildman–Crippen MR) is 341 cm³/mol. The molecule has 0 unspecified atom stereocenters. The number of hydrogen-bond donors (Lipinski definition) is 0. The lowest BCUT2D eigenvalue weighted by atomic mass is 10.0. The zero-order valence-electron chi connectivity index (χ0n) is 56.4. The Bertz CT molecular complexity index is 2760. The molecular weight excluding hydrogens is 991 g/mol. The lowest BCUT2D eigenvalue weighted by molar-refractivity contribution is -0.0312. The number of nitrogens with zero attached hydrogens (tertiary/aromatic N) is 9. The van der Waals surface area contributed by atoms with Crippen LogP contribution in [0.15, 0.2) is 123 Å². The molecule has 80 heavy (non-hydrogen) atoms. The van der Waals surface area contributed by atoms with Crippen LogP contribution in [0.25, 0.3) is 0 Å². The van der Waals surface area contributed by atoms with E-state index in [-0.39, 0.29) is 22.8 Å². The highest BCUT2D eigenvalue weighted by Gasteiger charge is 2.45. The normalized spacial score (nSPS) is 19.6. The van der Waals surface area contributed by atoms with E-state index in [4.69, 9.17) is 14.2 Å². The highest BCUT2D eigenvalue weighted by molar-refractivity contribution is 5.75. The molecule has 0 aromatic heterocycles. The SMILES string of the molecule is CC1=C(C)N(C)C(C)(C)N1C.CC1=C(C)N(C)C(C)(C)O1.CC1=C(C)N(C)CN1C.CC1=C(C)N(C)CO1.CC1=C(C)N(c2c(C)cccc2C)C(C)(C)N1c1c(C)cccc1C.CC1=C(C)N(c2c(C)cccc2C)C(C)(C)O1. The van der Waals surface area contributed by atoms with Gasteiger partial charge < -0.3 is 58.3 Å². The molecule has 0 N–H and O–H groups in total. The largest absolute Gasteiger partial charge is 0.476 e. The second-order valence-corrected chi connectivity index (χ2v) is 24.9. The van der Waals surface area contributed by atoms with Crippen LogP contribution < -0.4 is 14.7 Å². The van der Waals surface area contributed by atoms with E-state index in [1.54, 1.807) is 0 Å². The highest BCUT2D eigenvalue weighted by Crippen LogP contribution is 2.47. The maximum absolute atomic E-state index is 5.94. The van der Waals surface area contributed by atoms with Gasteiger partial charge in [0, 0.05) is 87.8 Å². The molecule has 0 aliphatic carbocycles. The summed E-state index contributed by atoms with van der Waals surface area (Å²) >= 11 is 0. The average Bonchev–Trinajstić information content (AvgIpc) is 4.10. The van der Waals surface area contributed by atoms with Crippen molar-refractivity contribution in [2.45, 2.75) is 203 Å². The number of anilines is 3. The fraction of sp³-hybridized carbons (Fsp3) is 0.559. The molecule has 0 saturated carbocycles. The molecule has 0 spiro atoms. The van der Waals surface area contributed by atoms with Crippen LogP contribution in [0.5, 0.6) is 0 Å². The summed E-state index contributed by atoms with van der Waals surface area (Å²) in [7, 11) is 12.6. The summed E-state index contributed by atoms with van der Waals surface area (Å²) in [6.45, 7) is 57.8. The molecule has 0 saturated heterocycles. The third kappa shape index (κ3) is 13.5. The van der Waals surface area contributed by atoms with Gasteiger partial charge in [-0.2, -0.15) is 0 Å². The number of para-hydroxylation sites is 3. The van der Waals surface area contributed by atoms with Crippen molar-refractivity contribution in [1.82, 2.24) is 29.4 Å². The summed E-state index contributed by atoms with van der Waals surface area (Å²) in [5.74, 6) is 3.10. The Kier molecular flexibility index (Phi) is 20.9. The van der Waals surface area contributed by atoms with E-state index in [0.29, 0.717) is 0 Å². The smallest absolute Gasteiger partial charge is 0.181 e. The molecule has 9 rings (SSSR count). The molecule has 12 nitrogen and oxygen atoms in total.